The molecule has 160 valence electrons. The second-order valence-corrected chi connectivity index (χ2v) is 12.0. The number of H-pyrrole nitrogens is 1. The number of aromatic nitrogens is 4. The van der Waals surface area contributed by atoms with Gasteiger partial charge in [0.2, 0.25) is 11.8 Å². The van der Waals surface area contributed by atoms with Gasteiger partial charge in [0.15, 0.2) is 5.82 Å². The molecule has 2 N–H and O–H groups in total. The normalized spacial score (nSPS) is 31.9. The average molecular weight is 448 g/mol. The van der Waals surface area contributed by atoms with Crippen molar-refractivity contribution < 1.29 is 9.59 Å². The lowest BCUT2D eigenvalue weighted by Gasteiger charge is -2.50. The van der Waals surface area contributed by atoms with Crippen LogP contribution in [0.1, 0.15) is 62.3 Å². The highest BCUT2D eigenvalue weighted by molar-refractivity contribution is 8.01. The molecule has 3 unspecified atom stereocenters. The Bertz CT molecular complexity index is 1000. The van der Waals surface area contributed by atoms with Crippen molar-refractivity contribution in [2.75, 3.05) is 0 Å². The highest BCUT2D eigenvalue weighted by Gasteiger charge is 2.67. The van der Waals surface area contributed by atoms with E-state index in [1.165, 1.54) is 4.88 Å². The number of tetrazole rings is 1. The van der Waals surface area contributed by atoms with Gasteiger partial charge < -0.3 is 9.80 Å². The standard InChI is InChI=1S/C19H25N7O2S2/c1-6-9-7-8-10(29-9)11-15(27)26(19(4,5)20-11)12-16(28)25-13(14-21-23-24-22-14)18(2,3)30-17(12)25/h7-8,11-13,17,20H,6H2,1-5H3,(H,21,22,23,24)/t11?,12?,13?,17-/m0/s1. The van der Waals surface area contributed by atoms with Gasteiger partial charge in [-0.2, -0.15) is 0 Å². The zero-order valence-corrected chi connectivity index (χ0v) is 19.2. The summed E-state index contributed by atoms with van der Waals surface area (Å²) in [6, 6.07) is 2.93. The third-order valence-electron chi connectivity index (χ3n) is 6.21. The smallest absolute Gasteiger partial charge is 0.250 e. The fourth-order valence-corrected chi connectivity index (χ4v) is 7.55. The molecule has 2 aromatic heterocycles. The van der Waals surface area contributed by atoms with Gasteiger partial charge in [0.25, 0.3) is 0 Å². The van der Waals surface area contributed by atoms with E-state index in [-0.39, 0.29) is 28.0 Å². The number of aromatic amines is 1. The van der Waals surface area contributed by atoms with Crippen LogP contribution in [-0.4, -0.2) is 64.1 Å². The van der Waals surface area contributed by atoms with Crippen LogP contribution in [0.15, 0.2) is 12.1 Å². The maximum Gasteiger partial charge on any atom is 0.250 e. The van der Waals surface area contributed by atoms with Crippen molar-refractivity contribution in [1.82, 2.24) is 35.7 Å². The molecule has 5 rings (SSSR count). The largest absolute Gasteiger partial charge is 0.314 e. The molecule has 3 aliphatic heterocycles. The molecule has 2 amide bonds. The number of thiophene rings is 1. The number of β-lactam (4-membered cyclic amide) rings is 1. The van der Waals surface area contributed by atoms with Crippen LogP contribution >= 0.6 is 23.1 Å². The topological polar surface area (TPSA) is 107 Å². The first-order valence-corrected chi connectivity index (χ1v) is 11.8. The molecule has 0 aliphatic carbocycles. The van der Waals surface area contributed by atoms with Crippen LogP contribution in [-0.2, 0) is 16.0 Å². The lowest BCUT2D eigenvalue weighted by atomic mass is 9.93. The van der Waals surface area contributed by atoms with Gasteiger partial charge in [0.05, 0.1) is 5.66 Å². The van der Waals surface area contributed by atoms with Gasteiger partial charge in [-0.15, -0.1) is 28.2 Å². The minimum atomic E-state index is -0.624. The minimum absolute atomic E-state index is 0.0364. The molecule has 3 aliphatic rings. The highest BCUT2D eigenvalue weighted by atomic mass is 32.2. The Labute approximate surface area is 183 Å². The molecule has 9 nitrogen and oxygen atoms in total. The maximum atomic E-state index is 13.5. The minimum Gasteiger partial charge on any atom is -0.314 e. The van der Waals surface area contributed by atoms with E-state index in [1.54, 1.807) is 28.0 Å². The first kappa shape index (κ1) is 20.0. The average Bonchev–Trinajstić information content (AvgIpc) is 3.43. The van der Waals surface area contributed by atoms with Crippen LogP contribution < -0.4 is 5.32 Å². The van der Waals surface area contributed by atoms with Gasteiger partial charge in [-0.05, 0) is 56.7 Å². The fraction of sp³-hybridized carbons (Fsp3) is 0.632. The van der Waals surface area contributed by atoms with Gasteiger partial charge >= 0.3 is 0 Å². The van der Waals surface area contributed by atoms with E-state index >= 15 is 0 Å². The Kier molecular flexibility index (Phi) is 4.33. The predicted octanol–water partition coefficient (Wildman–Crippen LogP) is 1.84. The number of carbonyl (C=O) groups is 2. The number of amides is 2. The molecular formula is C19H25N7O2S2. The Morgan fingerprint density at radius 2 is 1.93 bits per heavy atom. The molecule has 0 spiro atoms. The van der Waals surface area contributed by atoms with Crippen molar-refractivity contribution in [2.24, 2.45) is 0 Å². The summed E-state index contributed by atoms with van der Waals surface area (Å²) in [7, 11) is 0. The summed E-state index contributed by atoms with van der Waals surface area (Å²) in [6.07, 6.45) is 0.945. The Morgan fingerprint density at radius 3 is 2.57 bits per heavy atom. The zero-order chi connectivity index (χ0) is 21.4. The summed E-state index contributed by atoms with van der Waals surface area (Å²) in [5.74, 6) is 0.491. The number of nitrogens with zero attached hydrogens (tertiary/aromatic N) is 5. The number of hydrogen-bond donors (Lipinski definition) is 2. The molecular weight excluding hydrogens is 422 g/mol. The van der Waals surface area contributed by atoms with Gasteiger partial charge in [0, 0.05) is 14.5 Å². The zero-order valence-electron chi connectivity index (χ0n) is 17.5. The molecule has 5 heterocycles. The fourth-order valence-electron chi connectivity index (χ4n) is 4.87. The summed E-state index contributed by atoms with van der Waals surface area (Å²) < 4.78 is -0.278. The van der Waals surface area contributed by atoms with Crippen LogP contribution in [0.25, 0.3) is 0 Å². The predicted molar refractivity (Wildman–Crippen MR) is 114 cm³/mol. The molecule has 0 bridgehead atoms. The van der Waals surface area contributed by atoms with E-state index < -0.39 is 17.7 Å². The van der Waals surface area contributed by atoms with Gasteiger partial charge in [0.1, 0.15) is 23.5 Å². The summed E-state index contributed by atoms with van der Waals surface area (Å²) >= 11 is 3.36. The van der Waals surface area contributed by atoms with E-state index in [2.05, 4.69) is 52.8 Å². The number of thioether (sulfide) groups is 1. The number of aryl methyl sites for hydroxylation is 1. The SMILES string of the molecule is CCc1ccc(C2NC(C)(C)N(C3C(=O)N4C(c5nnn[nH]5)C(C)(C)S[C@@H]34)C2=O)s1. The lowest BCUT2D eigenvalue weighted by Crippen LogP contribution is -2.71. The molecule has 3 fully saturated rings. The van der Waals surface area contributed by atoms with Crippen molar-refractivity contribution in [1.29, 1.82) is 0 Å². The highest BCUT2D eigenvalue weighted by Crippen LogP contribution is 2.58. The van der Waals surface area contributed by atoms with Crippen LogP contribution in [0, 0.1) is 0 Å². The summed E-state index contributed by atoms with van der Waals surface area (Å²) in [5.41, 5.74) is -0.624. The van der Waals surface area contributed by atoms with Gasteiger partial charge in [-0.3, -0.25) is 14.9 Å². The van der Waals surface area contributed by atoms with E-state index in [4.69, 9.17) is 0 Å². The van der Waals surface area contributed by atoms with Crippen LogP contribution in [0.3, 0.4) is 0 Å². The number of fused-ring (bicyclic) bond motifs is 1. The maximum absolute atomic E-state index is 13.5. The third-order valence-corrected chi connectivity index (χ3v) is 9.06. The molecule has 3 saturated heterocycles. The Morgan fingerprint density at radius 1 is 1.17 bits per heavy atom. The summed E-state index contributed by atoms with van der Waals surface area (Å²) in [4.78, 5) is 32.7. The molecule has 0 saturated carbocycles. The van der Waals surface area contributed by atoms with Gasteiger partial charge in [-0.1, -0.05) is 6.92 Å². The summed E-state index contributed by atoms with van der Waals surface area (Å²) in [5, 5.41) is 17.6. The Hall–Kier alpha value is -1.98. The monoisotopic (exact) mass is 447 g/mol. The Balaban J connectivity index is 1.45. The van der Waals surface area contributed by atoms with Crippen molar-refractivity contribution >= 4 is 34.9 Å². The second-order valence-electron chi connectivity index (χ2n) is 8.99. The third kappa shape index (κ3) is 2.68. The van der Waals surface area contributed by atoms with E-state index in [1.807, 2.05) is 24.8 Å². The van der Waals surface area contributed by atoms with Gasteiger partial charge in [-0.25, -0.2) is 5.10 Å². The molecule has 0 aromatic carbocycles. The molecule has 11 heteroatoms. The van der Waals surface area contributed by atoms with E-state index in [9.17, 15) is 9.59 Å². The van der Waals surface area contributed by atoms with Crippen molar-refractivity contribution in [3.8, 4) is 0 Å². The van der Waals surface area contributed by atoms with Crippen molar-refractivity contribution in [3.63, 3.8) is 0 Å². The van der Waals surface area contributed by atoms with E-state index in [0.717, 1.165) is 11.3 Å². The second kappa shape index (κ2) is 6.51. The van der Waals surface area contributed by atoms with Crippen LogP contribution in [0.2, 0.25) is 0 Å². The molecule has 0 radical (unpaired) electrons. The molecule has 4 atom stereocenters. The van der Waals surface area contributed by atoms with Crippen molar-refractivity contribution in [2.45, 2.75) is 74.9 Å². The first-order valence-electron chi connectivity index (χ1n) is 10.1. The number of hydrogen-bond acceptors (Lipinski definition) is 8. The van der Waals surface area contributed by atoms with Crippen LogP contribution in [0.5, 0.6) is 0 Å². The first-order chi connectivity index (χ1) is 14.2. The van der Waals surface area contributed by atoms with E-state index in [0.29, 0.717) is 5.82 Å². The number of carbonyl (C=O) groups excluding carboxylic acids is 2. The lowest BCUT2D eigenvalue weighted by molar-refractivity contribution is -0.165. The molecule has 2 aromatic rings. The number of nitrogens with one attached hydrogen (secondary N) is 2. The summed E-state index contributed by atoms with van der Waals surface area (Å²) in [6.45, 7) is 10.2. The number of rotatable bonds is 4. The quantitative estimate of drug-likeness (QED) is 0.689. The van der Waals surface area contributed by atoms with Crippen LogP contribution in [0.4, 0.5) is 0 Å². The molecule has 30 heavy (non-hydrogen) atoms. The van der Waals surface area contributed by atoms with Crippen molar-refractivity contribution in [3.05, 3.63) is 27.7 Å².